The van der Waals surface area contributed by atoms with Crippen molar-refractivity contribution in [2.45, 2.75) is 6.67 Å². The van der Waals surface area contributed by atoms with Crippen LogP contribution in [0.1, 0.15) is 27.8 Å². The summed E-state index contributed by atoms with van der Waals surface area (Å²) >= 11 is 0. The Bertz CT molecular complexity index is 2260. The Morgan fingerprint density at radius 3 is 1.66 bits per heavy atom. The minimum Gasteiger partial charge on any atom is -0.291 e. The van der Waals surface area contributed by atoms with Gasteiger partial charge in [0.25, 0.3) is 0 Å². The van der Waals surface area contributed by atoms with E-state index in [1.165, 1.54) is 0 Å². The van der Waals surface area contributed by atoms with Gasteiger partial charge in [-0.25, -0.2) is 30.0 Å². The molecule has 2 aromatic heterocycles. The van der Waals surface area contributed by atoms with Crippen molar-refractivity contribution in [3.63, 3.8) is 0 Å². The summed E-state index contributed by atoms with van der Waals surface area (Å²) in [6.45, 7) is 4.28. The maximum absolute atomic E-state index is 5.20. The van der Waals surface area contributed by atoms with Gasteiger partial charge in [0.2, 0.25) is 0 Å². The number of hydrogen-bond acceptors (Lipinski definition) is 6. The summed E-state index contributed by atoms with van der Waals surface area (Å²) in [5, 5.41) is 1.98. The van der Waals surface area contributed by atoms with Gasteiger partial charge in [-0.05, 0) is 6.07 Å². The standard InChI is InChI=1S/C33H20N8/c1-2-3-10-19-17-26-34-27-20-11-4-5-12-21(20)29(35-27)38-32-24-15-8-9-16-25(24)33-39-30-23-14-7-6-13-22(23)28(36-30)37-31(19)40(26)18-41(32)33/h2-17H,1,18H2/b10-3-,34-26?,34-27?,37-28?,37-31?,38-29?,38-32?,39-30?,39-33?. The van der Waals surface area contributed by atoms with Gasteiger partial charge >= 0.3 is 0 Å². The van der Waals surface area contributed by atoms with Gasteiger partial charge in [0.05, 0.1) is 0 Å². The molecule has 4 aliphatic rings. The molecule has 0 saturated heterocycles. The molecule has 6 bridgehead atoms. The molecule has 0 unspecified atom stereocenters. The topological polar surface area (TPSA) is 84.0 Å². The highest BCUT2D eigenvalue weighted by Crippen LogP contribution is 2.35. The second-order valence-electron chi connectivity index (χ2n) is 10.1. The van der Waals surface area contributed by atoms with Crippen molar-refractivity contribution in [2.75, 3.05) is 0 Å². The maximum Gasteiger partial charge on any atom is 0.164 e. The third-order valence-corrected chi connectivity index (χ3v) is 7.79. The van der Waals surface area contributed by atoms with E-state index in [-0.39, 0.29) is 0 Å². The van der Waals surface area contributed by atoms with Gasteiger partial charge in [0.15, 0.2) is 23.3 Å². The van der Waals surface area contributed by atoms with E-state index >= 15 is 0 Å². The highest BCUT2D eigenvalue weighted by atomic mass is 15.3. The monoisotopic (exact) mass is 528 g/mol. The Morgan fingerprint density at radius 1 is 0.585 bits per heavy atom. The molecule has 0 atom stereocenters. The molecule has 0 N–H and O–H groups in total. The predicted octanol–water partition coefficient (Wildman–Crippen LogP) is 5.09. The normalized spacial score (nSPS) is 15.7. The van der Waals surface area contributed by atoms with Crippen LogP contribution in [0.15, 0.2) is 128 Å². The third-order valence-electron chi connectivity index (χ3n) is 7.79. The number of rotatable bonds is 2. The van der Waals surface area contributed by atoms with Crippen molar-refractivity contribution < 1.29 is 0 Å². The van der Waals surface area contributed by atoms with E-state index in [0.29, 0.717) is 30.0 Å². The second-order valence-corrected chi connectivity index (χ2v) is 10.1. The first-order valence-electron chi connectivity index (χ1n) is 13.4. The molecular formula is C33H20N8. The van der Waals surface area contributed by atoms with Gasteiger partial charge < -0.3 is 0 Å². The molecule has 0 saturated carbocycles. The fraction of sp³-hybridized carbons (Fsp3) is 0.0303. The van der Waals surface area contributed by atoms with Crippen LogP contribution >= 0.6 is 0 Å². The van der Waals surface area contributed by atoms with Crippen molar-refractivity contribution in [3.05, 3.63) is 136 Å². The number of amidine groups is 4. The zero-order chi connectivity index (χ0) is 27.1. The fourth-order valence-electron chi connectivity index (χ4n) is 5.92. The molecular weight excluding hydrogens is 508 g/mol. The summed E-state index contributed by atoms with van der Waals surface area (Å²) in [5.74, 6) is 4.00. The summed E-state index contributed by atoms with van der Waals surface area (Å²) in [5.41, 5.74) is 6.27. The van der Waals surface area contributed by atoms with Crippen molar-refractivity contribution in [3.8, 4) is 0 Å². The van der Waals surface area contributed by atoms with Crippen LogP contribution in [0.3, 0.4) is 0 Å². The van der Waals surface area contributed by atoms with E-state index in [2.05, 4.69) is 27.8 Å². The first kappa shape index (κ1) is 22.1. The van der Waals surface area contributed by atoms with E-state index in [0.717, 1.165) is 61.2 Å². The van der Waals surface area contributed by atoms with Crippen molar-refractivity contribution in [1.82, 2.24) is 9.13 Å². The Hall–Kier alpha value is -5.76. The lowest BCUT2D eigenvalue weighted by atomic mass is 10.1. The van der Waals surface area contributed by atoms with Gasteiger partial charge in [-0.2, -0.15) is 0 Å². The largest absolute Gasteiger partial charge is 0.291 e. The highest BCUT2D eigenvalue weighted by Gasteiger charge is 2.28. The zero-order valence-corrected chi connectivity index (χ0v) is 21.7. The third kappa shape index (κ3) is 3.09. The minimum absolute atomic E-state index is 0.403. The second kappa shape index (κ2) is 8.12. The molecule has 192 valence electrons. The summed E-state index contributed by atoms with van der Waals surface area (Å²) in [6, 6.07) is 26.5. The lowest BCUT2D eigenvalue weighted by molar-refractivity contribution is 0.582. The van der Waals surface area contributed by atoms with E-state index in [1.807, 2.05) is 78.9 Å². The Kier molecular flexibility index (Phi) is 4.38. The number of aromatic nitrogens is 2. The van der Waals surface area contributed by atoms with Crippen LogP contribution in [-0.4, -0.2) is 32.5 Å². The lowest BCUT2D eigenvalue weighted by Gasteiger charge is -2.13. The van der Waals surface area contributed by atoms with Crippen molar-refractivity contribution in [2.24, 2.45) is 30.0 Å². The molecule has 0 fully saturated rings. The molecule has 3 aromatic carbocycles. The SMILES string of the molecule is C=C/C=C\c1cc2n3c1N=C1N=C(N=c4c5ccccc5c(n4C3)=NC3=NC(=N2)c2ccccc23)c2ccccc21. The number of allylic oxidation sites excluding steroid dienone is 2. The molecule has 41 heavy (non-hydrogen) atoms. The van der Waals surface area contributed by atoms with E-state index < -0.39 is 0 Å². The zero-order valence-electron chi connectivity index (χ0n) is 21.7. The van der Waals surface area contributed by atoms with Gasteiger partial charge in [0, 0.05) is 38.6 Å². The van der Waals surface area contributed by atoms with Gasteiger partial charge in [-0.3, -0.25) is 9.13 Å². The van der Waals surface area contributed by atoms with Crippen molar-refractivity contribution in [1.29, 1.82) is 0 Å². The first-order valence-corrected chi connectivity index (χ1v) is 13.4. The van der Waals surface area contributed by atoms with Crippen molar-refractivity contribution >= 4 is 51.8 Å². The van der Waals surface area contributed by atoms with Crippen LogP contribution in [0.2, 0.25) is 0 Å². The predicted molar refractivity (Wildman–Crippen MR) is 162 cm³/mol. The smallest absolute Gasteiger partial charge is 0.164 e. The number of fused-ring (bicyclic) bond motifs is 11. The molecule has 9 rings (SSSR count). The highest BCUT2D eigenvalue weighted by molar-refractivity contribution is 6.24. The van der Waals surface area contributed by atoms with E-state index in [1.54, 1.807) is 6.08 Å². The molecule has 8 nitrogen and oxygen atoms in total. The summed E-state index contributed by atoms with van der Waals surface area (Å²) in [7, 11) is 0. The fourth-order valence-corrected chi connectivity index (χ4v) is 5.92. The lowest BCUT2D eigenvalue weighted by Crippen LogP contribution is -2.32. The quantitative estimate of drug-likeness (QED) is 0.286. The van der Waals surface area contributed by atoms with Crippen LogP contribution in [0.4, 0.5) is 11.6 Å². The molecule has 4 aliphatic heterocycles. The Morgan fingerprint density at radius 2 is 1.10 bits per heavy atom. The number of benzene rings is 3. The molecule has 0 spiro atoms. The average Bonchev–Trinajstić information content (AvgIpc) is 3.71. The Labute approximate surface area is 233 Å². The molecule has 0 aliphatic carbocycles. The summed E-state index contributed by atoms with van der Waals surface area (Å²) in [4.78, 5) is 30.6. The van der Waals surface area contributed by atoms with E-state index in [9.17, 15) is 0 Å². The molecule has 6 heterocycles. The molecule has 8 heteroatoms. The number of nitrogens with zero attached hydrogens (tertiary/aromatic N) is 8. The summed E-state index contributed by atoms with van der Waals surface area (Å²) < 4.78 is 4.23. The van der Waals surface area contributed by atoms with Crippen LogP contribution in [0.25, 0.3) is 16.8 Å². The first-order chi connectivity index (χ1) is 20.3. The van der Waals surface area contributed by atoms with Gasteiger partial charge in [0.1, 0.15) is 29.3 Å². The van der Waals surface area contributed by atoms with Crippen LogP contribution in [0, 0.1) is 0 Å². The van der Waals surface area contributed by atoms with Crippen LogP contribution in [0.5, 0.6) is 0 Å². The number of hydrogen-bond donors (Lipinski definition) is 0. The average molecular weight is 529 g/mol. The van der Waals surface area contributed by atoms with Crippen LogP contribution < -0.4 is 11.0 Å². The van der Waals surface area contributed by atoms with E-state index in [4.69, 9.17) is 30.0 Å². The van der Waals surface area contributed by atoms with Gasteiger partial charge in [-0.15, -0.1) is 0 Å². The minimum atomic E-state index is 0.403. The van der Waals surface area contributed by atoms with Gasteiger partial charge in [-0.1, -0.05) is 97.6 Å². The Balaban J connectivity index is 1.51. The molecule has 0 amide bonds. The summed E-state index contributed by atoms with van der Waals surface area (Å²) in [6.07, 6.45) is 5.67. The molecule has 5 aromatic rings. The number of aliphatic imine (C=N–C) groups is 4. The van der Waals surface area contributed by atoms with Crippen LogP contribution in [-0.2, 0) is 6.67 Å². The maximum atomic E-state index is 5.20. The molecule has 0 radical (unpaired) electrons.